The van der Waals surface area contributed by atoms with Gasteiger partial charge in [0.1, 0.15) is 11.6 Å². The molecule has 0 radical (unpaired) electrons. The van der Waals surface area contributed by atoms with Crippen molar-refractivity contribution in [2.24, 2.45) is 0 Å². The normalized spacial score (nSPS) is 11.2. The highest BCUT2D eigenvalue weighted by Crippen LogP contribution is 2.31. The minimum atomic E-state index is -0.172. The first-order valence-electron chi connectivity index (χ1n) is 13.5. The molecule has 0 aliphatic heterocycles. The summed E-state index contributed by atoms with van der Waals surface area (Å²) < 4.78 is 19.9. The topological polar surface area (TPSA) is 84.3 Å². The van der Waals surface area contributed by atoms with Gasteiger partial charge in [0.2, 0.25) is 0 Å². The molecule has 3 rings (SSSR count). The summed E-state index contributed by atoms with van der Waals surface area (Å²) in [5, 5.41) is 3.50. The first-order valence-corrected chi connectivity index (χ1v) is 15.2. The van der Waals surface area contributed by atoms with Gasteiger partial charge in [-0.2, -0.15) is 0 Å². The Morgan fingerprint density at radius 3 is 2.24 bits per heavy atom. The minimum Gasteiger partial charge on any atom is -0.494 e. The van der Waals surface area contributed by atoms with E-state index in [4.69, 9.17) is 4.74 Å². The van der Waals surface area contributed by atoms with Gasteiger partial charge >= 0.3 is 0 Å². The fourth-order valence-electron chi connectivity index (χ4n) is 4.20. The van der Waals surface area contributed by atoms with E-state index in [0.29, 0.717) is 6.61 Å². The number of unbranched alkanes of at least 4 members (excludes halogenated alkanes) is 1. The van der Waals surface area contributed by atoms with Crippen molar-refractivity contribution in [3.63, 3.8) is 0 Å². The van der Waals surface area contributed by atoms with Gasteiger partial charge in [0.15, 0.2) is 0 Å². The SMILES string of the molecule is CC.CPCCCNCc1ccc(OCCCCC(c2cccc(F)c2)c2ccc(C)c(C)c2)cc1.O.O.[HH].[HH]. The summed E-state index contributed by atoms with van der Waals surface area (Å²) in [4.78, 5) is 0. The maximum Gasteiger partial charge on any atom is 0.123 e. The van der Waals surface area contributed by atoms with Gasteiger partial charge in [0, 0.05) is 15.3 Å². The van der Waals surface area contributed by atoms with Crippen LogP contribution in [0, 0.1) is 19.7 Å². The molecule has 0 fully saturated rings. The number of benzene rings is 3. The van der Waals surface area contributed by atoms with E-state index in [1.54, 1.807) is 6.07 Å². The zero-order chi connectivity index (χ0) is 26.2. The fourth-order valence-corrected chi connectivity index (χ4v) is 4.73. The highest BCUT2D eigenvalue weighted by Gasteiger charge is 2.15. The summed E-state index contributed by atoms with van der Waals surface area (Å²) in [5.74, 6) is 0.945. The quantitative estimate of drug-likeness (QED) is 0.167. The lowest BCUT2D eigenvalue weighted by atomic mass is 9.86. The van der Waals surface area contributed by atoms with Gasteiger partial charge in [-0.1, -0.05) is 56.3 Å². The molecular weight excluding hydrogens is 496 g/mol. The molecule has 0 spiro atoms. The number of rotatable bonds is 14. The van der Waals surface area contributed by atoms with Gasteiger partial charge in [-0.15, -0.1) is 8.58 Å². The second-order valence-electron chi connectivity index (χ2n) is 9.07. The predicted octanol–water partition coefficient (Wildman–Crippen LogP) is 7.48. The highest BCUT2D eigenvalue weighted by molar-refractivity contribution is 7.36. The first-order chi connectivity index (χ1) is 17.6. The molecule has 0 aromatic heterocycles. The zero-order valence-electron chi connectivity index (χ0n) is 23.9. The smallest absolute Gasteiger partial charge is 0.123 e. The van der Waals surface area contributed by atoms with Crippen LogP contribution in [0.25, 0.3) is 0 Å². The molecule has 0 amide bonds. The van der Waals surface area contributed by atoms with Crippen LogP contribution in [0.1, 0.15) is 76.1 Å². The summed E-state index contributed by atoms with van der Waals surface area (Å²) in [6, 6.07) is 22.1. The monoisotopic (exact) mass is 549 g/mol. The molecule has 2 unspecified atom stereocenters. The van der Waals surface area contributed by atoms with Crippen molar-refractivity contribution in [2.75, 3.05) is 26.0 Å². The van der Waals surface area contributed by atoms with Crippen LogP contribution in [-0.4, -0.2) is 36.9 Å². The van der Waals surface area contributed by atoms with Crippen LogP contribution in [0.15, 0.2) is 66.7 Å². The summed E-state index contributed by atoms with van der Waals surface area (Å²) in [7, 11) is 1.04. The average molecular weight is 550 g/mol. The Kier molecular flexibility index (Phi) is 19.4. The van der Waals surface area contributed by atoms with Gasteiger partial charge in [0.25, 0.3) is 0 Å². The van der Waals surface area contributed by atoms with Crippen LogP contribution < -0.4 is 10.1 Å². The van der Waals surface area contributed by atoms with Crippen LogP contribution >= 0.6 is 8.58 Å². The van der Waals surface area contributed by atoms with Crippen molar-refractivity contribution in [3.8, 4) is 5.75 Å². The maximum absolute atomic E-state index is 13.9. The van der Waals surface area contributed by atoms with E-state index in [2.05, 4.69) is 68.3 Å². The van der Waals surface area contributed by atoms with E-state index in [1.807, 2.05) is 26.0 Å². The van der Waals surface area contributed by atoms with Gasteiger partial charge in [-0.25, -0.2) is 4.39 Å². The lowest BCUT2D eigenvalue weighted by Crippen LogP contribution is -2.15. The minimum absolute atomic E-state index is 0. The van der Waals surface area contributed by atoms with Crippen LogP contribution in [0.3, 0.4) is 0 Å². The molecular formula is C32H53FNO3P. The molecule has 0 saturated carbocycles. The standard InChI is InChI=1S/C30H39FNOP.C2H6.2H2O.2H2/c1-23-11-14-27(20-24(23)2)30(26-8-6-9-28(31)21-26)10-4-5-18-33-29-15-12-25(13-16-29)22-32-17-7-19-34-3;1-2;;;;/h6,8-9,11-16,20-21,30,32,34H,4-5,7,10,17-19,22H2,1-3H3;1-2H3;2*1H2;2*1H. The van der Waals surface area contributed by atoms with Crippen molar-refractivity contribution in [1.82, 2.24) is 5.32 Å². The number of nitrogens with one attached hydrogen (secondary N) is 1. The fraction of sp³-hybridized carbons (Fsp3) is 0.438. The van der Waals surface area contributed by atoms with Crippen molar-refractivity contribution < 1.29 is 22.9 Å². The van der Waals surface area contributed by atoms with E-state index < -0.39 is 0 Å². The van der Waals surface area contributed by atoms with Crippen LogP contribution in [0.5, 0.6) is 5.75 Å². The average Bonchev–Trinajstić information content (AvgIpc) is 2.90. The van der Waals surface area contributed by atoms with E-state index >= 15 is 0 Å². The lowest BCUT2D eigenvalue weighted by molar-refractivity contribution is 0.304. The molecule has 3 aromatic rings. The number of hydrogen-bond donors (Lipinski definition) is 1. The molecule has 6 heteroatoms. The lowest BCUT2D eigenvalue weighted by Gasteiger charge is -2.19. The Morgan fingerprint density at radius 1 is 0.868 bits per heavy atom. The number of halogens is 1. The third kappa shape index (κ3) is 12.5. The van der Waals surface area contributed by atoms with E-state index in [-0.39, 0.29) is 25.5 Å². The van der Waals surface area contributed by atoms with Crippen LogP contribution in [0.4, 0.5) is 4.39 Å². The summed E-state index contributed by atoms with van der Waals surface area (Å²) in [5.41, 5.74) is 6.16. The molecule has 0 aliphatic carbocycles. The van der Waals surface area contributed by atoms with E-state index in [0.717, 1.165) is 52.2 Å². The Balaban J connectivity index is -0.00000223. The predicted molar refractivity (Wildman–Crippen MR) is 168 cm³/mol. The molecule has 216 valence electrons. The second kappa shape index (κ2) is 20.6. The summed E-state index contributed by atoms with van der Waals surface area (Å²) in [6.07, 6.45) is 5.53. The third-order valence-electron chi connectivity index (χ3n) is 6.37. The van der Waals surface area contributed by atoms with E-state index in [1.165, 1.54) is 40.9 Å². The second-order valence-corrected chi connectivity index (χ2v) is 10.3. The Hall–Kier alpha value is -2.30. The number of hydrogen-bond acceptors (Lipinski definition) is 2. The molecule has 2 atom stereocenters. The molecule has 0 bridgehead atoms. The van der Waals surface area contributed by atoms with E-state index in [9.17, 15) is 4.39 Å². The van der Waals surface area contributed by atoms with Crippen LogP contribution in [0.2, 0.25) is 0 Å². The Labute approximate surface area is 234 Å². The van der Waals surface area contributed by atoms with Crippen molar-refractivity contribution >= 4 is 8.58 Å². The van der Waals surface area contributed by atoms with Crippen molar-refractivity contribution in [3.05, 3.63) is 100 Å². The van der Waals surface area contributed by atoms with Crippen LogP contribution in [-0.2, 0) is 6.54 Å². The van der Waals surface area contributed by atoms with Gasteiger partial charge in [-0.05, 0) is 111 Å². The van der Waals surface area contributed by atoms with Crippen molar-refractivity contribution in [1.29, 1.82) is 0 Å². The van der Waals surface area contributed by atoms with Gasteiger partial charge < -0.3 is 21.0 Å². The van der Waals surface area contributed by atoms with Crippen molar-refractivity contribution in [2.45, 2.75) is 65.8 Å². The number of aryl methyl sites for hydroxylation is 2. The summed E-state index contributed by atoms with van der Waals surface area (Å²) in [6.45, 7) is 13.2. The van der Waals surface area contributed by atoms with Gasteiger partial charge in [-0.3, -0.25) is 0 Å². The molecule has 38 heavy (non-hydrogen) atoms. The molecule has 5 N–H and O–H groups in total. The summed E-state index contributed by atoms with van der Waals surface area (Å²) >= 11 is 0. The first kappa shape index (κ1) is 35.7. The Bertz CT molecular complexity index is 1030. The largest absolute Gasteiger partial charge is 0.494 e. The molecule has 0 heterocycles. The zero-order valence-corrected chi connectivity index (χ0v) is 24.9. The molecule has 4 nitrogen and oxygen atoms in total. The molecule has 0 saturated heterocycles. The highest BCUT2D eigenvalue weighted by atomic mass is 31.1. The Morgan fingerprint density at radius 2 is 1.58 bits per heavy atom. The third-order valence-corrected chi connectivity index (χ3v) is 7.23. The molecule has 0 aliphatic rings. The number of ether oxygens (including phenoxy) is 1. The molecule has 3 aromatic carbocycles. The maximum atomic E-state index is 13.9. The van der Waals surface area contributed by atoms with Gasteiger partial charge in [0.05, 0.1) is 6.61 Å².